The molecule has 0 aliphatic carbocycles. The Bertz CT molecular complexity index is 800. The van der Waals surface area contributed by atoms with E-state index in [0.29, 0.717) is 13.2 Å². The number of aromatic nitrogens is 3. The minimum atomic E-state index is 0.658. The van der Waals surface area contributed by atoms with E-state index in [1.165, 1.54) is 0 Å². The third-order valence-electron chi connectivity index (χ3n) is 3.76. The van der Waals surface area contributed by atoms with Gasteiger partial charge in [-0.3, -0.25) is 0 Å². The standard InChI is InChI=1S/C16H19AsN4O/c1-22-10-7-13-20-14-15(21(13)9-4-8-18)11-5-2-3-6-12(11)19-16(14)17/h2-3,5-6H,4,7-10,18H2,1H3. The van der Waals surface area contributed by atoms with Crippen LogP contribution in [0, 0.1) is 0 Å². The summed E-state index contributed by atoms with van der Waals surface area (Å²) in [5.74, 6) is 1.04. The predicted molar refractivity (Wildman–Crippen MR) is 89.7 cm³/mol. The van der Waals surface area contributed by atoms with Crippen LogP contribution in [-0.4, -0.2) is 51.6 Å². The first-order chi connectivity index (χ1) is 10.8. The van der Waals surface area contributed by atoms with Crippen LogP contribution in [0.1, 0.15) is 12.2 Å². The Labute approximate surface area is 138 Å². The molecule has 0 amide bonds. The molecule has 22 heavy (non-hydrogen) atoms. The van der Waals surface area contributed by atoms with E-state index in [1.54, 1.807) is 7.11 Å². The molecule has 2 aromatic heterocycles. The number of ether oxygens (including phenoxy) is 1. The molecule has 2 radical (unpaired) electrons. The topological polar surface area (TPSA) is 66.0 Å². The van der Waals surface area contributed by atoms with E-state index < -0.39 is 0 Å². The molecule has 0 bridgehead atoms. The summed E-state index contributed by atoms with van der Waals surface area (Å²) >= 11 is 2.53. The molecule has 0 aliphatic rings. The van der Waals surface area contributed by atoms with Gasteiger partial charge in [0.2, 0.25) is 0 Å². The van der Waals surface area contributed by atoms with E-state index >= 15 is 0 Å². The Morgan fingerprint density at radius 3 is 2.86 bits per heavy atom. The van der Waals surface area contributed by atoms with E-state index in [4.69, 9.17) is 15.5 Å². The molecule has 5 nitrogen and oxygen atoms in total. The number of imidazole rings is 1. The van der Waals surface area contributed by atoms with Gasteiger partial charge in [-0.25, -0.2) is 0 Å². The maximum atomic E-state index is 5.71. The van der Waals surface area contributed by atoms with Crippen LogP contribution in [0.2, 0.25) is 0 Å². The summed E-state index contributed by atoms with van der Waals surface area (Å²) in [6, 6.07) is 8.21. The predicted octanol–water partition coefficient (Wildman–Crippen LogP) is 0.916. The van der Waals surface area contributed by atoms with Crippen LogP contribution < -0.4 is 10.2 Å². The van der Waals surface area contributed by atoms with Gasteiger partial charge in [-0.1, -0.05) is 0 Å². The molecule has 6 heteroatoms. The number of aryl methyl sites for hydroxylation is 1. The molecule has 2 heterocycles. The number of nitrogens with zero attached hydrogens (tertiary/aromatic N) is 3. The van der Waals surface area contributed by atoms with Gasteiger partial charge in [0.25, 0.3) is 0 Å². The summed E-state index contributed by atoms with van der Waals surface area (Å²) < 4.78 is 8.41. The fraction of sp³-hybridized carbons (Fsp3) is 0.375. The first-order valence-electron chi connectivity index (χ1n) is 7.42. The zero-order valence-corrected chi connectivity index (χ0v) is 14.5. The Morgan fingerprint density at radius 2 is 2.09 bits per heavy atom. The number of benzene rings is 1. The summed E-state index contributed by atoms with van der Waals surface area (Å²) in [5, 5.41) is 1.14. The second-order valence-corrected chi connectivity index (χ2v) is 6.10. The quantitative estimate of drug-likeness (QED) is 0.666. The monoisotopic (exact) mass is 358 g/mol. The van der Waals surface area contributed by atoms with Crippen LogP contribution in [-0.2, 0) is 17.7 Å². The van der Waals surface area contributed by atoms with E-state index in [1.807, 2.05) is 18.2 Å². The van der Waals surface area contributed by atoms with E-state index in [-0.39, 0.29) is 0 Å². The van der Waals surface area contributed by atoms with Gasteiger partial charge in [0, 0.05) is 0 Å². The maximum absolute atomic E-state index is 5.71. The third-order valence-corrected chi connectivity index (χ3v) is 4.41. The van der Waals surface area contributed by atoms with Gasteiger partial charge in [-0.2, -0.15) is 0 Å². The van der Waals surface area contributed by atoms with Crippen LogP contribution in [0.3, 0.4) is 0 Å². The first kappa shape index (κ1) is 15.5. The zero-order chi connectivity index (χ0) is 15.5. The van der Waals surface area contributed by atoms with Crippen LogP contribution in [0.4, 0.5) is 0 Å². The number of pyridine rings is 1. The molecule has 114 valence electrons. The molecule has 2 N–H and O–H groups in total. The van der Waals surface area contributed by atoms with Crippen molar-refractivity contribution in [3.8, 4) is 0 Å². The number of fused-ring (bicyclic) bond motifs is 3. The molecular weight excluding hydrogens is 339 g/mol. The van der Waals surface area contributed by atoms with Gasteiger partial charge in [0.1, 0.15) is 0 Å². The van der Waals surface area contributed by atoms with Crippen molar-refractivity contribution in [1.82, 2.24) is 14.5 Å². The van der Waals surface area contributed by atoms with Crippen molar-refractivity contribution in [3.05, 3.63) is 30.1 Å². The molecule has 0 fully saturated rings. The zero-order valence-electron chi connectivity index (χ0n) is 12.6. The molecule has 3 aromatic rings. The molecule has 3 rings (SSSR count). The van der Waals surface area contributed by atoms with Crippen LogP contribution in [0.15, 0.2) is 24.3 Å². The number of nitrogens with two attached hydrogens (primary N) is 1. The fourth-order valence-corrected chi connectivity index (χ4v) is 3.29. The second-order valence-electron chi connectivity index (χ2n) is 5.21. The molecule has 1 aromatic carbocycles. The number of methoxy groups -OCH3 is 1. The Morgan fingerprint density at radius 1 is 1.27 bits per heavy atom. The van der Waals surface area contributed by atoms with Gasteiger partial charge < -0.3 is 0 Å². The van der Waals surface area contributed by atoms with Crippen LogP contribution in [0.25, 0.3) is 21.9 Å². The summed E-state index contributed by atoms with van der Waals surface area (Å²) in [6.45, 7) is 2.19. The average Bonchev–Trinajstić information content (AvgIpc) is 2.90. The normalized spacial score (nSPS) is 11.6. The van der Waals surface area contributed by atoms with Crippen LogP contribution >= 0.6 is 0 Å². The molecule has 0 unspecified atom stereocenters. The van der Waals surface area contributed by atoms with Gasteiger partial charge in [-0.05, 0) is 0 Å². The average molecular weight is 358 g/mol. The first-order valence-corrected chi connectivity index (χ1v) is 8.36. The minimum absolute atomic E-state index is 0.658. The molecule has 0 aliphatic heterocycles. The third kappa shape index (κ3) is 2.76. The van der Waals surface area contributed by atoms with Gasteiger partial charge in [0.15, 0.2) is 0 Å². The van der Waals surface area contributed by atoms with Crippen molar-refractivity contribution < 1.29 is 4.74 Å². The molecule has 0 saturated carbocycles. The molecular formula is C16H19AsN4O. The molecule has 0 saturated heterocycles. The van der Waals surface area contributed by atoms with Gasteiger partial charge in [0.05, 0.1) is 0 Å². The van der Waals surface area contributed by atoms with Crippen LogP contribution in [0.5, 0.6) is 0 Å². The molecule has 0 spiro atoms. The van der Waals surface area contributed by atoms with E-state index in [2.05, 4.69) is 32.5 Å². The number of para-hydroxylation sites is 1. The van der Waals surface area contributed by atoms with Gasteiger partial charge >= 0.3 is 138 Å². The number of hydrogen-bond donors (Lipinski definition) is 1. The van der Waals surface area contributed by atoms with Gasteiger partial charge in [-0.15, -0.1) is 0 Å². The van der Waals surface area contributed by atoms with Crippen molar-refractivity contribution >= 4 is 43.3 Å². The summed E-state index contributed by atoms with van der Waals surface area (Å²) in [6.07, 6.45) is 1.71. The fourth-order valence-electron chi connectivity index (χ4n) is 2.74. The molecule has 0 atom stereocenters. The summed E-state index contributed by atoms with van der Waals surface area (Å²) in [5.41, 5.74) is 8.82. The van der Waals surface area contributed by atoms with Crippen molar-refractivity contribution in [2.75, 3.05) is 20.3 Å². The van der Waals surface area contributed by atoms with Crippen molar-refractivity contribution in [2.24, 2.45) is 5.73 Å². The Kier molecular flexibility index (Phi) is 4.77. The summed E-state index contributed by atoms with van der Waals surface area (Å²) in [4.78, 5) is 9.48. The number of rotatable bonds is 6. The summed E-state index contributed by atoms with van der Waals surface area (Å²) in [7, 11) is 1.71. The van der Waals surface area contributed by atoms with Crippen molar-refractivity contribution in [2.45, 2.75) is 19.4 Å². The van der Waals surface area contributed by atoms with Crippen molar-refractivity contribution in [3.63, 3.8) is 0 Å². The number of hydrogen-bond acceptors (Lipinski definition) is 4. The SMILES string of the molecule is COCCc1nc2c([As])nc3ccccc3c2n1CCCN. The second kappa shape index (κ2) is 6.78. The van der Waals surface area contributed by atoms with Crippen molar-refractivity contribution in [1.29, 1.82) is 0 Å². The van der Waals surface area contributed by atoms with E-state index in [9.17, 15) is 0 Å². The van der Waals surface area contributed by atoms with E-state index in [0.717, 1.165) is 51.6 Å². The Balaban J connectivity index is 2.27. The Hall–Kier alpha value is -1.42.